The smallest absolute Gasteiger partial charge is 0.410 e. The first-order chi connectivity index (χ1) is 15.7. The van der Waals surface area contributed by atoms with Gasteiger partial charge in [-0.3, -0.25) is 0 Å². The van der Waals surface area contributed by atoms with Crippen molar-refractivity contribution in [3.05, 3.63) is 60.2 Å². The maximum atomic E-state index is 13.5. The fourth-order valence-corrected chi connectivity index (χ4v) is 3.89. The second-order valence-electron chi connectivity index (χ2n) is 9.21. The number of carbonyl (C=O) groups is 1. The third-order valence-corrected chi connectivity index (χ3v) is 5.61. The summed E-state index contributed by atoms with van der Waals surface area (Å²) in [6, 6.07) is 13.8. The Labute approximate surface area is 193 Å². The van der Waals surface area contributed by atoms with Gasteiger partial charge >= 0.3 is 6.09 Å². The van der Waals surface area contributed by atoms with Crippen LogP contribution in [-0.2, 0) is 4.74 Å². The van der Waals surface area contributed by atoms with Crippen molar-refractivity contribution < 1.29 is 23.1 Å². The van der Waals surface area contributed by atoms with E-state index in [9.17, 15) is 9.18 Å². The summed E-state index contributed by atoms with van der Waals surface area (Å²) in [6.07, 6.45) is 1.16. The van der Waals surface area contributed by atoms with Gasteiger partial charge in [-0.2, -0.15) is 0 Å². The van der Waals surface area contributed by atoms with Crippen LogP contribution in [0.3, 0.4) is 0 Å². The molecule has 1 aliphatic rings. The number of rotatable bonds is 4. The predicted octanol–water partition coefficient (Wildman–Crippen LogP) is 6.27. The fourth-order valence-electron chi connectivity index (χ4n) is 3.89. The molecule has 4 rings (SSSR count). The first-order valence-corrected chi connectivity index (χ1v) is 11.1. The highest BCUT2D eigenvalue weighted by Gasteiger charge is 2.30. The highest BCUT2D eigenvalue weighted by Crippen LogP contribution is 2.38. The number of piperidine rings is 1. The van der Waals surface area contributed by atoms with E-state index in [2.05, 4.69) is 0 Å². The number of methoxy groups -OCH3 is 1. The van der Waals surface area contributed by atoms with Gasteiger partial charge < -0.3 is 18.8 Å². The minimum atomic E-state index is -0.520. The molecule has 7 heteroatoms. The van der Waals surface area contributed by atoms with Gasteiger partial charge in [-0.05, 0) is 82.1 Å². The van der Waals surface area contributed by atoms with Gasteiger partial charge in [0, 0.05) is 30.1 Å². The van der Waals surface area contributed by atoms with Crippen molar-refractivity contribution in [1.82, 2.24) is 9.88 Å². The third-order valence-electron chi connectivity index (χ3n) is 5.61. The fraction of sp³-hybridized carbons (Fsp3) is 0.385. The van der Waals surface area contributed by atoms with E-state index in [4.69, 9.17) is 18.9 Å². The quantitative estimate of drug-likeness (QED) is 0.467. The zero-order valence-electron chi connectivity index (χ0n) is 19.4. The number of aromatic nitrogens is 1. The Bertz CT molecular complexity index is 1090. The molecular weight excluding hydrogens is 423 g/mol. The summed E-state index contributed by atoms with van der Waals surface area (Å²) in [5.74, 6) is 1.75. The summed E-state index contributed by atoms with van der Waals surface area (Å²) in [6.45, 7) is 6.74. The topological polar surface area (TPSA) is 64.8 Å². The van der Waals surface area contributed by atoms with Crippen LogP contribution in [0.2, 0.25) is 0 Å². The van der Waals surface area contributed by atoms with Crippen LogP contribution in [0, 0.1) is 5.82 Å². The first-order valence-electron chi connectivity index (χ1n) is 11.1. The van der Waals surface area contributed by atoms with Crippen molar-refractivity contribution in [2.45, 2.75) is 45.1 Å². The summed E-state index contributed by atoms with van der Waals surface area (Å²) < 4.78 is 30.5. The second kappa shape index (κ2) is 9.25. The normalized spacial score (nSPS) is 14.9. The minimum absolute atomic E-state index is 0.0786. The van der Waals surface area contributed by atoms with E-state index in [1.165, 1.54) is 12.1 Å². The average molecular weight is 453 g/mol. The number of ether oxygens (including phenoxy) is 2. The number of amides is 1. The number of likely N-dealkylation sites (tertiary alicyclic amines) is 1. The molecule has 1 aliphatic heterocycles. The van der Waals surface area contributed by atoms with Crippen LogP contribution >= 0.6 is 0 Å². The molecule has 2 aromatic carbocycles. The number of nitrogens with zero attached hydrogens (tertiary/aromatic N) is 2. The zero-order valence-corrected chi connectivity index (χ0v) is 19.4. The van der Waals surface area contributed by atoms with Crippen LogP contribution in [0.1, 0.15) is 45.4 Å². The molecule has 0 radical (unpaired) electrons. The molecule has 1 saturated heterocycles. The largest absolute Gasteiger partial charge is 0.497 e. The van der Waals surface area contributed by atoms with E-state index >= 15 is 0 Å². The zero-order chi connectivity index (χ0) is 23.6. The lowest BCUT2D eigenvalue weighted by Gasteiger charge is -2.32. The number of hydrogen-bond donors (Lipinski definition) is 0. The maximum absolute atomic E-state index is 13.5. The summed E-state index contributed by atoms with van der Waals surface area (Å²) in [7, 11) is 1.62. The van der Waals surface area contributed by atoms with E-state index < -0.39 is 5.60 Å². The number of carbonyl (C=O) groups excluding carboxylic acids is 1. The van der Waals surface area contributed by atoms with Gasteiger partial charge in [-0.15, -0.1) is 0 Å². The first kappa shape index (κ1) is 22.8. The van der Waals surface area contributed by atoms with E-state index in [1.807, 2.05) is 45.0 Å². The molecule has 0 saturated carbocycles. The lowest BCUT2D eigenvalue weighted by Crippen LogP contribution is -2.41. The van der Waals surface area contributed by atoms with Crippen molar-refractivity contribution in [2.75, 3.05) is 20.2 Å². The molecule has 0 unspecified atom stereocenters. The number of hydrogen-bond acceptors (Lipinski definition) is 5. The van der Waals surface area contributed by atoms with Gasteiger partial charge in [-0.1, -0.05) is 0 Å². The Morgan fingerprint density at radius 1 is 1.03 bits per heavy atom. The lowest BCUT2D eigenvalue weighted by molar-refractivity contribution is 0.0199. The second-order valence-corrected chi connectivity index (χ2v) is 9.21. The van der Waals surface area contributed by atoms with Gasteiger partial charge in [0.05, 0.1) is 7.11 Å². The summed E-state index contributed by atoms with van der Waals surface area (Å²) in [5.41, 5.74) is 1.82. The van der Waals surface area contributed by atoms with Crippen LogP contribution in [0.25, 0.3) is 22.6 Å². The van der Waals surface area contributed by atoms with Gasteiger partial charge in [-0.25, -0.2) is 14.2 Å². The van der Waals surface area contributed by atoms with E-state index in [1.54, 1.807) is 24.1 Å². The van der Waals surface area contributed by atoms with Crippen molar-refractivity contribution in [3.63, 3.8) is 0 Å². The number of halogens is 1. The van der Waals surface area contributed by atoms with Crippen LogP contribution < -0.4 is 4.74 Å². The van der Waals surface area contributed by atoms with Crippen molar-refractivity contribution in [1.29, 1.82) is 0 Å². The Morgan fingerprint density at radius 3 is 2.21 bits per heavy atom. The van der Waals surface area contributed by atoms with Gasteiger partial charge in [0.2, 0.25) is 0 Å². The molecule has 0 N–H and O–H groups in total. The Balaban J connectivity index is 1.59. The van der Waals surface area contributed by atoms with Gasteiger partial charge in [0.15, 0.2) is 11.7 Å². The van der Waals surface area contributed by atoms with Crippen molar-refractivity contribution in [3.8, 4) is 28.3 Å². The van der Waals surface area contributed by atoms with Gasteiger partial charge in [0.25, 0.3) is 0 Å². The average Bonchev–Trinajstić information content (AvgIpc) is 3.24. The molecule has 1 amide bonds. The number of oxazole rings is 1. The molecule has 174 valence electrons. The number of benzene rings is 2. The van der Waals surface area contributed by atoms with E-state index in [-0.39, 0.29) is 17.8 Å². The van der Waals surface area contributed by atoms with Crippen LogP contribution in [-0.4, -0.2) is 41.8 Å². The predicted molar refractivity (Wildman–Crippen MR) is 124 cm³/mol. The highest BCUT2D eigenvalue weighted by atomic mass is 19.1. The minimum Gasteiger partial charge on any atom is -0.497 e. The molecular formula is C26H29FN2O4. The molecule has 3 aromatic rings. The molecule has 0 aliphatic carbocycles. The molecule has 0 bridgehead atoms. The third kappa shape index (κ3) is 5.35. The summed E-state index contributed by atoms with van der Waals surface area (Å²) in [4.78, 5) is 19.0. The molecule has 0 atom stereocenters. The monoisotopic (exact) mass is 452 g/mol. The Morgan fingerprint density at radius 2 is 1.64 bits per heavy atom. The molecule has 33 heavy (non-hydrogen) atoms. The van der Waals surface area contributed by atoms with Crippen LogP contribution in [0.15, 0.2) is 52.9 Å². The summed E-state index contributed by atoms with van der Waals surface area (Å²) >= 11 is 0. The van der Waals surface area contributed by atoms with Crippen LogP contribution in [0.4, 0.5) is 9.18 Å². The van der Waals surface area contributed by atoms with E-state index in [0.717, 1.165) is 29.7 Å². The molecule has 1 fully saturated rings. The highest BCUT2D eigenvalue weighted by molar-refractivity contribution is 5.77. The Hall–Kier alpha value is -3.35. The molecule has 0 spiro atoms. The van der Waals surface area contributed by atoms with Crippen LogP contribution in [0.5, 0.6) is 5.75 Å². The molecule has 6 nitrogen and oxygen atoms in total. The Kier molecular flexibility index (Phi) is 6.40. The van der Waals surface area contributed by atoms with E-state index in [0.29, 0.717) is 30.4 Å². The molecule has 2 heterocycles. The SMILES string of the molecule is COc1ccc(-c2nc(C3CCN(C(=O)OC(C)(C)C)CC3)oc2-c2ccc(F)cc2)cc1. The standard InChI is InChI=1S/C26H29FN2O4/c1-26(2,3)33-25(30)29-15-13-19(14-16-29)24-28-22(17-7-11-21(31-4)12-8-17)23(32-24)18-5-9-20(27)10-6-18/h5-12,19H,13-16H2,1-4H3. The molecule has 1 aromatic heterocycles. The van der Waals surface area contributed by atoms with Crippen molar-refractivity contribution >= 4 is 6.09 Å². The van der Waals surface area contributed by atoms with Crippen molar-refractivity contribution in [2.24, 2.45) is 0 Å². The maximum Gasteiger partial charge on any atom is 0.410 e. The van der Waals surface area contributed by atoms with Gasteiger partial charge in [0.1, 0.15) is 22.9 Å². The summed E-state index contributed by atoms with van der Waals surface area (Å²) in [5, 5.41) is 0. The lowest BCUT2D eigenvalue weighted by atomic mass is 9.97.